The molecule has 2 aromatic rings. The van der Waals surface area contributed by atoms with E-state index in [4.69, 9.17) is 10.2 Å². The van der Waals surface area contributed by atoms with E-state index >= 15 is 0 Å². The third-order valence-electron chi connectivity index (χ3n) is 4.72. The van der Waals surface area contributed by atoms with Crippen molar-refractivity contribution in [3.63, 3.8) is 0 Å². The monoisotopic (exact) mass is 243 g/mol. The van der Waals surface area contributed by atoms with Gasteiger partial charge in [0.05, 0.1) is 0 Å². The molecule has 0 bridgehead atoms. The second-order valence-electron chi connectivity index (χ2n) is 5.65. The highest BCUT2D eigenvalue weighted by Crippen LogP contribution is 2.44. The maximum absolute atomic E-state index is 6.12. The Morgan fingerprint density at radius 1 is 1.22 bits per heavy atom. The molecule has 0 amide bonds. The van der Waals surface area contributed by atoms with E-state index in [1.54, 1.807) is 0 Å². The van der Waals surface area contributed by atoms with E-state index in [9.17, 15) is 0 Å². The van der Waals surface area contributed by atoms with Gasteiger partial charge < -0.3 is 10.2 Å². The third kappa shape index (κ3) is 1.52. The molecule has 0 unspecified atom stereocenters. The molecule has 1 saturated carbocycles. The van der Waals surface area contributed by atoms with Gasteiger partial charge in [-0.2, -0.15) is 0 Å². The highest BCUT2D eigenvalue weighted by molar-refractivity contribution is 5.86. The van der Waals surface area contributed by atoms with Crippen LogP contribution in [0.3, 0.4) is 0 Å². The lowest BCUT2D eigenvalue weighted by Gasteiger charge is -2.28. The van der Waals surface area contributed by atoms with E-state index in [0.717, 1.165) is 17.9 Å². The van der Waals surface area contributed by atoms with Gasteiger partial charge in [-0.25, -0.2) is 0 Å². The van der Waals surface area contributed by atoms with Gasteiger partial charge in [0.1, 0.15) is 11.3 Å². The fraction of sp³-hybridized carbons (Fsp3) is 0.500. The molecule has 2 heteroatoms. The van der Waals surface area contributed by atoms with Gasteiger partial charge in [-0.1, -0.05) is 25.0 Å². The Balaban J connectivity index is 2.28. The minimum atomic E-state index is 0.181. The van der Waals surface area contributed by atoms with Crippen molar-refractivity contribution in [2.24, 2.45) is 5.73 Å². The zero-order valence-electron chi connectivity index (χ0n) is 11.3. The van der Waals surface area contributed by atoms with Gasteiger partial charge in [-0.3, -0.25) is 0 Å². The van der Waals surface area contributed by atoms with Crippen molar-refractivity contribution >= 4 is 11.0 Å². The maximum Gasteiger partial charge on any atom is 0.134 e. The summed E-state index contributed by atoms with van der Waals surface area (Å²) in [5, 5.41) is 1.31. The zero-order chi connectivity index (χ0) is 12.8. The van der Waals surface area contributed by atoms with Crippen molar-refractivity contribution < 1.29 is 4.42 Å². The first-order valence-corrected chi connectivity index (χ1v) is 6.87. The van der Waals surface area contributed by atoms with E-state index in [-0.39, 0.29) is 5.41 Å². The van der Waals surface area contributed by atoms with Gasteiger partial charge in [-0.05, 0) is 43.9 Å². The van der Waals surface area contributed by atoms with Crippen LogP contribution in [0, 0.1) is 13.8 Å². The fourth-order valence-corrected chi connectivity index (χ4v) is 3.50. The first-order chi connectivity index (χ1) is 8.68. The maximum atomic E-state index is 6.12. The molecule has 0 atom stereocenters. The molecule has 1 aromatic carbocycles. The fourth-order valence-electron chi connectivity index (χ4n) is 3.50. The first kappa shape index (κ1) is 11.8. The summed E-state index contributed by atoms with van der Waals surface area (Å²) in [6.07, 6.45) is 5.02. The molecule has 3 rings (SSSR count). The molecular weight excluding hydrogens is 222 g/mol. The number of benzene rings is 1. The van der Waals surface area contributed by atoms with Crippen molar-refractivity contribution in [2.75, 3.05) is 6.54 Å². The average Bonchev–Trinajstić information content (AvgIpc) is 2.97. The Morgan fingerprint density at radius 2 is 1.94 bits per heavy atom. The number of nitrogens with two attached hydrogens (primary N) is 1. The lowest BCUT2D eigenvalue weighted by Crippen LogP contribution is -2.32. The Hall–Kier alpha value is -1.28. The highest BCUT2D eigenvalue weighted by atomic mass is 16.3. The molecule has 0 radical (unpaired) electrons. The van der Waals surface area contributed by atoms with Crippen LogP contribution in [-0.2, 0) is 5.41 Å². The predicted molar refractivity (Wildman–Crippen MR) is 74.9 cm³/mol. The van der Waals surface area contributed by atoms with Crippen LogP contribution in [0.1, 0.15) is 42.6 Å². The summed E-state index contributed by atoms with van der Waals surface area (Å²) in [6, 6.07) is 6.43. The van der Waals surface area contributed by atoms with E-state index < -0.39 is 0 Å². The zero-order valence-corrected chi connectivity index (χ0v) is 11.3. The average molecular weight is 243 g/mol. The van der Waals surface area contributed by atoms with Crippen LogP contribution >= 0.6 is 0 Å². The number of aryl methyl sites for hydroxylation is 2. The molecule has 1 aliphatic carbocycles. The molecule has 0 spiro atoms. The Kier molecular flexibility index (Phi) is 2.70. The predicted octanol–water partition coefficient (Wildman–Crippen LogP) is 3.82. The molecule has 1 aliphatic rings. The van der Waals surface area contributed by atoms with Gasteiger partial charge in [-0.15, -0.1) is 0 Å². The molecule has 1 heterocycles. The normalized spacial score (nSPS) is 18.6. The number of furan rings is 1. The highest BCUT2D eigenvalue weighted by Gasteiger charge is 2.36. The van der Waals surface area contributed by atoms with Crippen LogP contribution in [-0.4, -0.2) is 6.54 Å². The summed E-state index contributed by atoms with van der Waals surface area (Å²) in [5.74, 6) is 1.03. The van der Waals surface area contributed by atoms with Crippen molar-refractivity contribution in [2.45, 2.75) is 44.9 Å². The summed E-state index contributed by atoms with van der Waals surface area (Å²) < 4.78 is 5.85. The smallest absolute Gasteiger partial charge is 0.134 e. The largest absolute Gasteiger partial charge is 0.461 e. The Bertz CT molecular complexity index is 576. The SMILES string of the molecule is Cc1oc2cccc(C3(CN)CCCC3)c2c1C. The van der Waals surface area contributed by atoms with Crippen LogP contribution in [0.2, 0.25) is 0 Å². The summed E-state index contributed by atoms with van der Waals surface area (Å²) in [4.78, 5) is 0. The molecule has 0 saturated heterocycles. The van der Waals surface area contributed by atoms with Crippen LogP contribution in [0.25, 0.3) is 11.0 Å². The quantitative estimate of drug-likeness (QED) is 0.870. The first-order valence-electron chi connectivity index (χ1n) is 6.87. The molecule has 1 fully saturated rings. The standard InChI is InChI=1S/C16H21NO/c1-11-12(2)18-14-7-5-6-13(15(11)14)16(10-17)8-3-4-9-16/h5-7H,3-4,8-10,17H2,1-2H3. The molecule has 1 aromatic heterocycles. The number of hydrogen-bond acceptors (Lipinski definition) is 2. The molecular formula is C16H21NO. The number of fused-ring (bicyclic) bond motifs is 1. The molecule has 2 N–H and O–H groups in total. The molecule has 18 heavy (non-hydrogen) atoms. The second-order valence-corrected chi connectivity index (χ2v) is 5.65. The van der Waals surface area contributed by atoms with E-state index in [0.29, 0.717) is 0 Å². The van der Waals surface area contributed by atoms with E-state index in [1.807, 2.05) is 6.92 Å². The van der Waals surface area contributed by atoms with E-state index in [1.165, 1.54) is 42.2 Å². The number of hydrogen-bond donors (Lipinski definition) is 1. The molecule has 2 nitrogen and oxygen atoms in total. The van der Waals surface area contributed by atoms with Crippen molar-refractivity contribution in [1.29, 1.82) is 0 Å². The second kappa shape index (κ2) is 4.13. The number of rotatable bonds is 2. The summed E-state index contributed by atoms with van der Waals surface area (Å²) in [5.41, 5.74) is 10.0. The molecule has 0 aliphatic heterocycles. The van der Waals surface area contributed by atoms with Gasteiger partial charge in [0, 0.05) is 17.3 Å². The van der Waals surface area contributed by atoms with Crippen molar-refractivity contribution in [3.8, 4) is 0 Å². The summed E-state index contributed by atoms with van der Waals surface area (Å²) in [6.45, 7) is 4.95. The van der Waals surface area contributed by atoms with Crippen molar-refractivity contribution in [1.82, 2.24) is 0 Å². The van der Waals surface area contributed by atoms with Crippen LogP contribution in [0.15, 0.2) is 22.6 Å². The van der Waals surface area contributed by atoms with Crippen LogP contribution in [0.5, 0.6) is 0 Å². The summed E-state index contributed by atoms with van der Waals surface area (Å²) in [7, 11) is 0. The van der Waals surface area contributed by atoms with E-state index in [2.05, 4.69) is 25.1 Å². The minimum Gasteiger partial charge on any atom is -0.461 e. The van der Waals surface area contributed by atoms with Gasteiger partial charge in [0.25, 0.3) is 0 Å². The molecule has 96 valence electrons. The lowest BCUT2D eigenvalue weighted by molar-refractivity contribution is 0.456. The van der Waals surface area contributed by atoms with Gasteiger partial charge >= 0.3 is 0 Å². The van der Waals surface area contributed by atoms with Crippen LogP contribution < -0.4 is 5.73 Å². The topological polar surface area (TPSA) is 39.2 Å². The van der Waals surface area contributed by atoms with Gasteiger partial charge in [0.2, 0.25) is 0 Å². The summed E-state index contributed by atoms with van der Waals surface area (Å²) >= 11 is 0. The van der Waals surface area contributed by atoms with Gasteiger partial charge in [0.15, 0.2) is 0 Å². The third-order valence-corrected chi connectivity index (χ3v) is 4.72. The van der Waals surface area contributed by atoms with Crippen molar-refractivity contribution in [3.05, 3.63) is 35.1 Å². The Morgan fingerprint density at radius 3 is 2.61 bits per heavy atom. The van der Waals surface area contributed by atoms with Crippen LogP contribution in [0.4, 0.5) is 0 Å². The lowest BCUT2D eigenvalue weighted by atomic mass is 9.77. The minimum absolute atomic E-state index is 0.181. The Labute approximate surface area is 108 Å².